The summed E-state index contributed by atoms with van der Waals surface area (Å²) < 4.78 is 11.0. The molecule has 0 bridgehead atoms. The predicted octanol–water partition coefficient (Wildman–Crippen LogP) is 6.53. The number of esters is 1. The summed E-state index contributed by atoms with van der Waals surface area (Å²) in [7, 11) is 0. The zero-order valence-electron chi connectivity index (χ0n) is 31.3. The van der Waals surface area contributed by atoms with Crippen molar-refractivity contribution in [2.75, 3.05) is 19.8 Å². The third-order valence-corrected chi connectivity index (χ3v) is 8.25. The van der Waals surface area contributed by atoms with Crippen molar-refractivity contribution < 1.29 is 38.9 Å². The monoisotopic (exact) mass is 730 g/mol. The lowest BCUT2D eigenvalue weighted by atomic mass is 9.92. The van der Waals surface area contributed by atoms with Crippen LogP contribution in [-0.2, 0) is 34.3 Å². The zero-order chi connectivity index (χ0) is 38.6. The standard InChI is InChI=1S/C43H58N2O8/c1-3-4-5-6-7-8-9-10-11-12-13-14-15-16-17-18-19-20-24-30-40(49)44-31-26-25-29-37(42(51)52-36(33-46)34-47)45-41(50)38-32-39(48)43(2,53-38)35-27-22-21-23-28-35/h4-5,7-8,10-11,13-14,16-17,19-23,27-28,32,36-37,46-47H,3,6,9,12,15,18,24-26,29-31,33-34H2,1-2H3,(H,44,49)(H,45,50)/b5-4-,8-7-,11-10-,14-13-,17-16-,20-19-. The van der Waals surface area contributed by atoms with Crippen LogP contribution >= 0.6 is 0 Å². The van der Waals surface area contributed by atoms with Crippen molar-refractivity contribution in [2.45, 2.75) is 102 Å². The third-order valence-electron chi connectivity index (χ3n) is 8.25. The van der Waals surface area contributed by atoms with Crippen LogP contribution in [0.4, 0.5) is 0 Å². The number of hydrogen-bond acceptors (Lipinski definition) is 8. The van der Waals surface area contributed by atoms with E-state index in [1.807, 2.05) is 12.2 Å². The molecule has 1 aromatic rings. The van der Waals surface area contributed by atoms with Gasteiger partial charge in [0.2, 0.25) is 11.7 Å². The Morgan fingerprint density at radius 3 is 1.91 bits per heavy atom. The Labute approximate surface area is 315 Å². The minimum Gasteiger partial charge on any atom is -0.469 e. The van der Waals surface area contributed by atoms with Gasteiger partial charge in [-0.05, 0) is 71.1 Å². The van der Waals surface area contributed by atoms with E-state index < -0.39 is 48.6 Å². The van der Waals surface area contributed by atoms with Gasteiger partial charge in [0.15, 0.2) is 11.4 Å². The summed E-state index contributed by atoms with van der Waals surface area (Å²) in [6.45, 7) is 2.90. The predicted molar refractivity (Wildman–Crippen MR) is 208 cm³/mol. The molecule has 1 heterocycles. The zero-order valence-corrected chi connectivity index (χ0v) is 31.3. The average Bonchev–Trinajstić information content (AvgIpc) is 3.48. The van der Waals surface area contributed by atoms with E-state index in [1.165, 1.54) is 0 Å². The number of benzene rings is 1. The van der Waals surface area contributed by atoms with Crippen LogP contribution in [-0.4, -0.2) is 65.7 Å². The Morgan fingerprint density at radius 1 is 0.811 bits per heavy atom. The Balaban J connectivity index is 1.67. The van der Waals surface area contributed by atoms with E-state index in [-0.39, 0.29) is 18.1 Å². The summed E-state index contributed by atoms with van der Waals surface area (Å²) in [5, 5.41) is 24.2. The lowest BCUT2D eigenvalue weighted by molar-refractivity contribution is -0.157. The van der Waals surface area contributed by atoms with Gasteiger partial charge in [-0.1, -0.05) is 110 Å². The minimum absolute atomic E-state index is 0.0843. The van der Waals surface area contributed by atoms with Gasteiger partial charge in [0.05, 0.1) is 13.2 Å². The molecular formula is C43H58N2O8. The van der Waals surface area contributed by atoms with Crippen LogP contribution in [0.5, 0.6) is 0 Å². The molecule has 1 aliphatic rings. The van der Waals surface area contributed by atoms with E-state index in [0.29, 0.717) is 37.8 Å². The topological polar surface area (TPSA) is 151 Å². The molecule has 0 fully saturated rings. The molecule has 2 unspecified atom stereocenters. The summed E-state index contributed by atoms with van der Waals surface area (Å²) in [4.78, 5) is 51.1. The maximum absolute atomic E-state index is 13.1. The summed E-state index contributed by atoms with van der Waals surface area (Å²) >= 11 is 0. The molecule has 10 nitrogen and oxygen atoms in total. The molecule has 53 heavy (non-hydrogen) atoms. The minimum atomic E-state index is -1.38. The van der Waals surface area contributed by atoms with Gasteiger partial charge >= 0.3 is 5.97 Å². The summed E-state index contributed by atoms with van der Waals surface area (Å²) in [5.74, 6) is -2.35. The molecule has 0 aliphatic carbocycles. The van der Waals surface area contributed by atoms with Crippen LogP contribution in [0.1, 0.15) is 90.0 Å². The Bertz CT molecular complexity index is 1470. The number of allylic oxidation sites excluding steroid dienone is 12. The van der Waals surface area contributed by atoms with Gasteiger partial charge in [0.25, 0.3) is 5.91 Å². The number of aliphatic hydroxyl groups excluding tert-OH is 2. The fourth-order valence-corrected chi connectivity index (χ4v) is 5.13. The quantitative estimate of drug-likeness (QED) is 0.0478. The number of rotatable bonds is 26. The second-order valence-electron chi connectivity index (χ2n) is 12.6. The van der Waals surface area contributed by atoms with E-state index in [4.69, 9.17) is 9.47 Å². The average molecular weight is 731 g/mol. The number of hydrogen-bond donors (Lipinski definition) is 4. The van der Waals surface area contributed by atoms with E-state index in [2.05, 4.69) is 78.3 Å². The molecule has 0 saturated carbocycles. The van der Waals surface area contributed by atoms with Gasteiger partial charge < -0.3 is 30.3 Å². The van der Waals surface area contributed by atoms with Gasteiger partial charge in [0, 0.05) is 24.6 Å². The molecule has 1 aromatic carbocycles. The molecule has 2 atom stereocenters. The third kappa shape index (κ3) is 18.0. The summed E-state index contributed by atoms with van der Waals surface area (Å²) in [6.07, 6.45) is 33.4. The molecule has 2 rings (SSSR count). The van der Waals surface area contributed by atoms with E-state index in [9.17, 15) is 29.4 Å². The molecule has 2 amide bonds. The Hall–Kier alpha value is -4.80. The van der Waals surface area contributed by atoms with Gasteiger partial charge in [-0.25, -0.2) is 4.79 Å². The van der Waals surface area contributed by atoms with Crippen molar-refractivity contribution in [3.63, 3.8) is 0 Å². The number of unbranched alkanes of at least 4 members (excludes halogenated alkanes) is 1. The van der Waals surface area contributed by atoms with Gasteiger partial charge in [-0.2, -0.15) is 0 Å². The van der Waals surface area contributed by atoms with Gasteiger partial charge in [-0.3, -0.25) is 14.4 Å². The smallest absolute Gasteiger partial charge is 0.329 e. The number of amides is 2. The van der Waals surface area contributed by atoms with Crippen molar-refractivity contribution in [1.29, 1.82) is 0 Å². The maximum atomic E-state index is 13.1. The number of carbonyl (C=O) groups excluding carboxylic acids is 4. The van der Waals surface area contributed by atoms with Crippen molar-refractivity contribution in [3.05, 3.63) is 121 Å². The highest BCUT2D eigenvalue weighted by Gasteiger charge is 2.44. The number of carbonyl (C=O) groups is 4. The molecule has 0 saturated heterocycles. The highest BCUT2D eigenvalue weighted by molar-refractivity contribution is 6.08. The Kier molecular flexibility index (Phi) is 22.5. The van der Waals surface area contributed by atoms with Crippen LogP contribution < -0.4 is 10.6 Å². The van der Waals surface area contributed by atoms with Crippen LogP contribution in [0, 0.1) is 0 Å². The molecule has 288 valence electrons. The first kappa shape index (κ1) is 44.4. The SMILES string of the molecule is CC/C=C\C/C=C\C/C=C\C/C=C\C/C=C\C/C=C\CCC(=O)NCCCCC(NC(=O)C1=CC(=O)C(C)(c2ccccc2)O1)C(=O)OC(CO)CO. The molecule has 1 aliphatic heterocycles. The van der Waals surface area contributed by atoms with E-state index >= 15 is 0 Å². The highest BCUT2D eigenvalue weighted by atomic mass is 16.6. The van der Waals surface area contributed by atoms with E-state index in [1.54, 1.807) is 37.3 Å². The van der Waals surface area contributed by atoms with Crippen molar-refractivity contribution in [3.8, 4) is 0 Å². The number of ether oxygens (including phenoxy) is 2. The van der Waals surface area contributed by atoms with Crippen molar-refractivity contribution in [1.82, 2.24) is 10.6 Å². The molecule has 0 spiro atoms. The first-order valence-corrected chi connectivity index (χ1v) is 18.7. The van der Waals surface area contributed by atoms with Gasteiger partial charge in [0.1, 0.15) is 12.1 Å². The van der Waals surface area contributed by atoms with Crippen LogP contribution in [0.3, 0.4) is 0 Å². The van der Waals surface area contributed by atoms with Crippen molar-refractivity contribution in [2.24, 2.45) is 0 Å². The lowest BCUT2D eigenvalue weighted by Gasteiger charge is -2.25. The Morgan fingerprint density at radius 2 is 1.36 bits per heavy atom. The summed E-state index contributed by atoms with van der Waals surface area (Å²) in [6, 6.07) is 7.62. The largest absolute Gasteiger partial charge is 0.469 e. The van der Waals surface area contributed by atoms with Crippen molar-refractivity contribution >= 4 is 23.6 Å². The maximum Gasteiger partial charge on any atom is 0.329 e. The fourth-order valence-electron chi connectivity index (χ4n) is 5.13. The normalized spacial score (nSPS) is 16.8. The van der Waals surface area contributed by atoms with E-state index in [0.717, 1.165) is 44.6 Å². The van der Waals surface area contributed by atoms with Crippen LogP contribution in [0.25, 0.3) is 0 Å². The first-order valence-electron chi connectivity index (χ1n) is 18.7. The fraction of sp³-hybridized carbons (Fsp3) is 0.442. The number of ketones is 1. The van der Waals surface area contributed by atoms with Gasteiger partial charge in [-0.15, -0.1) is 0 Å². The second-order valence-corrected chi connectivity index (χ2v) is 12.6. The molecular weight excluding hydrogens is 672 g/mol. The molecule has 10 heteroatoms. The number of aliphatic hydroxyl groups is 2. The second kappa shape index (κ2) is 26.9. The lowest BCUT2D eigenvalue weighted by Crippen LogP contribution is -2.45. The first-order chi connectivity index (χ1) is 25.7. The number of nitrogens with one attached hydrogen (secondary N) is 2. The summed E-state index contributed by atoms with van der Waals surface area (Å²) in [5.41, 5.74) is -0.805. The highest BCUT2D eigenvalue weighted by Crippen LogP contribution is 2.34. The molecule has 4 N–H and O–H groups in total. The van der Waals surface area contributed by atoms with Crippen LogP contribution in [0.15, 0.2) is 115 Å². The molecule has 0 radical (unpaired) electrons. The molecule has 0 aromatic heterocycles. The van der Waals surface area contributed by atoms with Crippen LogP contribution in [0.2, 0.25) is 0 Å².